The SMILES string of the molecule is CCOP(=O)(OCC)SCCC(=O)OC. The van der Waals surface area contributed by atoms with Crippen molar-refractivity contribution in [2.75, 3.05) is 26.1 Å². The molecule has 0 aliphatic heterocycles. The van der Waals surface area contributed by atoms with Gasteiger partial charge in [-0.15, -0.1) is 0 Å². The lowest BCUT2D eigenvalue weighted by Gasteiger charge is -2.15. The number of hydrogen-bond donors (Lipinski definition) is 0. The molecule has 0 aromatic carbocycles. The van der Waals surface area contributed by atoms with E-state index >= 15 is 0 Å². The zero-order chi connectivity index (χ0) is 11.7. The molecule has 0 aromatic rings. The van der Waals surface area contributed by atoms with E-state index in [0.29, 0.717) is 19.0 Å². The summed E-state index contributed by atoms with van der Waals surface area (Å²) in [5.74, 6) is 0.0336. The van der Waals surface area contributed by atoms with Gasteiger partial charge in [-0.3, -0.25) is 4.79 Å². The fourth-order valence-corrected chi connectivity index (χ4v) is 4.13. The van der Waals surface area contributed by atoms with E-state index in [-0.39, 0.29) is 12.4 Å². The summed E-state index contributed by atoms with van der Waals surface area (Å²) in [4.78, 5) is 10.8. The number of carbonyl (C=O) groups is 1. The second-order valence-electron chi connectivity index (χ2n) is 2.44. The molecule has 0 radical (unpaired) electrons. The first-order valence-corrected chi connectivity index (χ1v) is 7.81. The third-order valence-electron chi connectivity index (χ3n) is 1.36. The fraction of sp³-hybridized carbons (Fsp3) is 0.875. The van der Waals surface area contributed by atoms with Crippen molar-refractivity contribution in [2.45, 2.75) is 20.3 Å². The highest BCUT2D eigenvalue weighted by Gasteiger charge is 2.24. The van der Waals surface area contributed by atoms with E-state index in [4.69, 9.17) is 9.05 Å². The van der Waals surface area contributed by atoms with Gasteiger partial charge in [0, 0.05) is 5.75 Å². The summed E-state index contributed by atoms with van der Waals surface area (Å²) < 4.78 is 26.4. The van der Waals surface area contributed by atoms with Crippen LogP contribution in [0.25, 0.3) is 0 Å². The zero-order valence-electron chi connectivity index (χ0n) is 9.23. The van der Waals surface area contributed by atoms with Crippen LogP contribution >= 0.6 is 18.2 Å². The van der Waals surface area contributed by atoms with Crippen LogP contribution in [-0.4, -0.2) is 32.0 Å². The molecule has 0 fully saturated rings. The fourth-order valence-electron chi connectivity index (χ4n) is 0.771. The maximum atomic E-state index is 11.8. The number of hydrogen-bond acceptors (Lipinski definition) is 6. The summed E-state index contributed by atoms with van der Waals surface area (Å²) in [7, 11) is 1.32. The van der Waals surface area contributed by atoms with E-state index < -0.39 is 6.80 Å². The van der Waals surface area contributed by atoms with Crippen molar-refractivity contribution < 1.29 is 23.1 Å². The van der Waals surface area contributed by atoms with Crippen molar-refractivity contribution in [3.05, 3.63) is 0 Å². The lowest BCUT2D eigenvalue weighted by atomic mass is 10.5. The monoisotopic (exact) mass is 256 g/mol. The summed E-state index contributed by atoms with van der Waals surface area (Å²) >= 11 is 1.03. The minimum absolute atomic E-state index is 0.200. The van der Waals surface area contributed by atoms with Gasteiger partial charge >= 0.3 is 12.8 Å². The van der Waals surface area contributed by atoms with Crippen LogP contribution in [0.4, 0.5) is 0 Å². The molecule has 0 amide bonds. The van der Waals surface area contributed by atoms with Crippen molar-refractivity contribution in [2.24, 2.45) is 0 Å². The Morgan fingerprint density at radius 3 is 2.20 bits per heavy atom. The first kappa shape index (κ1) is 15.0. The second-order valence-corrected chi connectivity index (χ2v) is 6.64. The van der Waals surface area contributed by atoms with Gasteiger partial charge in [-0.2, -0.15) is 0 Å². The molecule has 0 aliphatic rings. The summed E-state index contributed by atoms with van der Waals surface area (Å²) in [6, 6.07) is 0. The summed E-state index contributed by atoms with van der Waals surface area (Å²) in [5.41, 5.74) is 0. The Morgan fingerprint density at radius 1 is 1.27 bits per heavy atom. The number of ether oxygens (including phenoxy) is 1. The van der Waals surface area contributed by atoms with Crippen LogP contribution < -0.4 is 0 Å². The molecular weight excluding hydrogens is 239 g/mol. The maximum absolute atomic E-state index is 11.8. The molecule has 0 unspecified atom stereocenters. The highest BCUT2D eigenvalue weighted by atomic mass is 32.7. The van der Waals surface area contributed by atoms with Crippen molar-refractivity contribution in [1.82, 2.24) is 0 Å². The van der Waals surface area contributed by atoms with Crippen molar-refractivity contribution >= 4 is 24.1 Å². The molecule has 0 saturated heterocycles. The highest BCUT2D eigenvalue weighted by Crippen LogP contribution is 2.60. The first-order chi connectivity index (χ1) is 7.08. The van der Waals surface area contributed by atoms with Gasteiger partial charge in [-0.05, 0) is 25.2 Å². The first-order valence-electron chi connectivity index (χ1n) is 4.68. The molecule has 0 spiro atoms. The Balaban J connectivity index is 3.96. The average molecular weight is 256 g/mol. The lowest BCUT2D eigenvalue weighted by Crippen LogP contribution is -2.02. The van der Waals surface area contributed by atoms with Gasteiger partial charge in [-0.25, -0.2) is 4.57 Å². The zero-order valence-corrected chi connectivity index (χ0v) is 10.9. The van der Waals surface area contributed by atoms with Crippen LogP contribution in [0.15, 0.2) is 0 Å². The van der Waals surface area contributed by atoms with Crippen LogP contribution in [0.1, 0.15) is 20.3 Å². The Morgan fingerprint density at radius 2 is 1.80 bits per heavy atom. The molecule has 0 saturated carbocycles. The van der Waals surface area contributed by atoms with Crippen molar-refractivity contribution in [3.8, 4) is 0 Å². The molecule has 7 heteroatoms. The normalized spacial score (nSPS) is 11.4. The Labute approximate surface area is 94.1 Å². The second kappa shape index (κ2) is 8.16. The molecule has 5 nitrogen and oxygen atoms in total. The van der Waals surface area contributed by atoms with Gasteiger partial charge in [0.1, 0.15) is 0 Å². The van der Waals surface area contributed by atoms with E-state index in [1.807, 2.05) is 0 Å². The van der Waals surface area contributed by atoms with Crippen LogP contribution in [-0.2, 0) is 23.1 Å². The molecule has 0 N–H and O–H groups in total. The molecule has 0 atom stereocenters. The van der Waals surface area contributed by atoms with Gasteiger partial charge in [0.15, 0.2) is 0 Å². The van der Waals surface area contributed by atoms with Crippen LogP contribution in [0, 0.1) is 0 Å². The lowest BCUT2D eigenvalue weighted by molar-refractivity contribution is -0.140. The molecule has 15 heavy (non-hydrogen) atoms. The maximum Gasteiger partial charge on any atom is 0.389 e. The minimum Gasteiger partial charge on any atom is -0.469 e. The number of esters is 1. The molecule has 0 heterocycles. The van der Waals surface area contributed by atoms with Crippen LogP contribution in [0.3, 0.4) is 0 Å². The predicted molar refractivity (Wildman–Crippen MR) is 59.9 cm³/mol. The van der Waals surface area contributed by atoms with Crippen LogP contribution in [0.2, 0.25) is 0 Å². The highest BCUT2D eigenvalue weighted by molar-refractivity contribution is 8.55. The summed E-state index contributed by atoms with van der Waals surface area (Å²) in [6.45, 7) is 1.05. The summed E-state index contributed by atoms with van der Waals surface area (Å²) in [5, 5.41) is 0. The smallest absolute Gasteiger partial charge is 0.389 e. The van der Waals surface area contributed by atoms with Gasteiger partial charge in [-0.1, -0.05) is 0 Å². The number of carbonyl (C=O) groups excluding carboxylic acids is 1. The van der Waals surface area contributed by atoms with Crippen LogP contribution in [0.5, 0.6) is 0 Å². The van der Waals surface area contributed by atoms with Gasteiger partial charge in [0.25, 0.3) is 0 Å². The van der Waals surface area contributed by atoms with Crippen molar-refractivity contribution in [1.29, 1.82) is 0 Å². The third kappa shape index (κ3) is 6.95. The number of rotatable bonds is 8. The number of methoxy groups -OCH3 is 1. The minimum atomic E-state index is -3.08. The van der Waals surface area contributed by atoms with Gasteiger partial charge in [0.05, 0.1) is 26.7 Å². The predicted octanol–water partition coefficient (Wildman–Crippen LogP) is 2.46. The van der Waals surface area contributed by atoms with E-state index in [2.05, 4.69) is 4.74 Å². The van der Waals surface area contributed by atoms with Crippen molar-refractivity contribution in [3.63, 3.8) is 0 Å². The van der Waals surface area contributed by atoms with E-state index in [0.717, 1.165) is 11.4 Å². The molecule has 0 aromatic heterocycles. The van der Waals surface area contributed by atoms with E-state index in [1.54, 1.807) is 13.8 Å². The quantitative estimate of drug-likeness (QED) is 0.491. The van der Waals surface area contributed by atoms with E-state index in [1.165, 1.54) is 7.11 Å². The van der Waals surface area contributed by atoms with E-state index in [9.17, 15) is 9.36 Å². The molecular formula is C8H17O5PS. The molecule has 0 aliphatic carbocycles. The molecule has 0 bridgehead atoms. The Kier molecular flexibility index (Phi) is 8.14. The molecule has 0 rings (SSSR count). The standard InChI is InChI=1S/C8H17O5PS/c1-4-12-14(10,13-5-2)15-7-6-8(9)11-3/h4-7H2,1-3H3. The Bertz CT molecular complexity index is 223. The molecule has 90 valence electrons. The third-order valence-corrected chi connectivity index (χ3v) is 5.34. The largest absolute Gasteiger partial charge is 0.469 e. The van der Waals surface area contributed by atoms with Gasteiger partial charge in [0.2, 0.25) is 0 Å². The topological polar surface area (TPSA) is 61.8 Å². The van der Waals surface area contributed by atoms with Gasteiger partial charge < -0.3 is 13.8 Å². The average Bonchev–Trinajstić information content (AvgIpc) is 2.18. The Hall–Kier alpha value is -0.0300. The summed E-state index contributed by atoms with van der Waals surface area (Å²) in [6.07, 6.45) is 0.200.